The Hall–Kier alpha value is -2.76. The highest BCUT2D eigenvalue weighted by atomic mass is 16.6. The summed E-state index contributed by atoms with van der Waals surface area (Å²) in [6, 6.07) is 14.4. The summed E-state index contributed by atoms with van der Waals surface area (Å²) in [6.45, 7) is 7.78. The minimum Gasteiger partial charge on any atom is -0.444 e. The number of benzene rings is 2. The van der Waals surface area contributed by atoms with Crippen LogP contribution in [0.1, 0.15) is 33.6 Å². The number of anilines is 1. The van der Waals surface area contributed by atoms with Gasteiger partial charge < -0.3 is 20.3 Å². The summed E-state index contributed by atoms with van der Waals surface area (Å²) in [7, 11) is 0. The summed E-state index contributed by atoms with van der Waals surface area (Å²) in [5.74, 6) is -0.188. The number of hydrogen-bond donors (Lipinski definition) is 2. The molecule has 1 aliphatic heterocycles. The van der Waals surface area contributed by atoms with Crippen molar-refractivity contribution in [2.24, 2.45) is 5.92 Å². The Kier molecular flexibility index (Phi) is 6.62. The summed E-state index contributed by atoms with van der Waals surface area (Å²) >= 11 is 0. The zero-order chi connectivity index (χ0) is 20.9. The highest BCUT2D eigenvalue weighted by Gasteiger charge is 2.30. The second-order valence-electron chi connectivity index (χ2n) is 8.51. The number of ether oxygens (including phenoxy) is 1. The van der Waals surface area contributed by atoms with Gasteiger partial charge in [0.25, 0.3) is 0 Å². The van der Waals surface area contributed by atoms with Crippen LogP contribution in [0.2, 0.25) is 0 Å². The van der Waals surface area contributed by atoms with Gasteiger partial charge in [0.15, 0.2) is 0 Å². The monoisotopic (exact) mass is 397 g/mol. The van der Waals surface area contributed by atoms with Crippen LogP contribution < -0.4 is 10.6 Å². The van der Waals surface area contributed by atoms with Gasteiger partial charge in [-0.25, -0.2) is 4.79 Å². The quantitative estimate of drug-likeness (QED) is 0.748. The van der Waals surface area contributed by atoms with E-state index in [1.54, 1.807) is 4.90 Å². The Bertz CT molecular complexity index is 855. The van der Waals surface area contributed by atoms with Crippen LogP contribution in [0.15, 0.2) is 42.5 Å². The fourth-order valence-corrected chi connectivity index (χ4v) is 3.59. The maximum Gasteiger partial charge on any atom is 0.410 e. The molecule has 2 N–H and O–H groups in total. The van der Waals surface area contributed by atoms with Gasteiger partial charge in [-0.05, 0) is 45.1 Å². The number of piperidine rings is 1. The Morgan fingerprint density at radius 1 is 1.10 bits per heavy atom. The third-order valence-electron chi connectivity index (χ3n) is 4.97. The number of rotatable bonds is 5. The van der Waals surface area contributed by atoms with E-state index in [0.717, 1.165) is 18.5 Å². The number of nitrogens with zero attached hydrogens (tertiary/aromatic N) is 1. The largest absolute Gasteiger partial charge is 0.444 e. The predicted molar refractivity (Wildman–Crippen MR) is 116 cm³/mol. The average Bonchev–Trinajstić information content (AvgIpc) is 2.70. The minimum absolute atomic E-state index is 0.00187. The van der Waals surface area contributed by atoms with Gasteiger partial charge in [-0.1, -0.05) is 36.4 Å². The molecule has 3 rings (SSSR count). The molecule has 0 radical (unpaired) electrons. The van der Waals surface area contributed by atoms with Gasteiger partial charge >= 0.3 is 6.09 Å². The smallest absolute Gasteiger partial charge is 0.410 e. The lowest BCUT2D eigenvalue weighted by molar-refractivity contribution is -0.126. The highest BCUT2D eigenvalue weighted by Crippen LogP contribution is 2.23. The molecule has 0 spiro atoms. The highest BCUT2D eigenvalue weighted by molar-refractivity contribution is 5.93. The molecule has 0 saturated carbocycles. The van der Waals surface area contributed by atoms with Crippen LogP contribution in [-0.4, -0.2) is 48.7 Å². The van der Waals surface area contributed by atoms with E-state index in [1.807, 2.05) is 45.0 Å². The second-order valence-corrected chi connectivity index (χ2v) is 8.51. The third kappa shape index (κ3) is 5.86. The van der Waals surface area contributed by atoms with E-state index in [9.17, 15) is 9.59 Å². The van der Waals surface area contributed by atoms with Crippen molar-refractivity contribution in [1.82, 2.24) is 10.2 Å². The molecule has 1 heterocycles. The van der Waals surface area contributed by atoms with E-state index < -0.39 is 5.60 Å². The Balaban J connectivity index is 1.46. The van der Waals surface area contributed by atoms with Crippen molar-refractivity contribution in [2.75, 3.05) is 31.5 Å². The fraction of sp³-hybridized carbons (Fsp3) is 0.478. The summed E-state index contributed by atoms with van der Waals surface area (Å²) in [5.41, 5.74) is 0.533. The molecule has 2 aromatic rings. The molecule has 0 bridgehead atoms. The van der Waals surface area contributed by atoms with E-state index in [2.05, 4.69) is 28.8 Å². The van der Waals surface area contributed by atoms with Crippen molar-refractivity contribution in [3.8, 4) is 0 Å². The third-order valence-corrected chi connectivity index (χ3v) is 4.97. The van der Waals surface area contributed by atoms with Crippen molar-refractivity contribution in [1.29, 1.82) is 0 Å². The maximum absolute atomic E-state index is 12.6. The SMILES string of the molecule is CC(C)(C)OC(=O)N1CCCC(C(=O)NCCNc2cccc3ccccc23)C1. The Labute approximate surface area is 172 Å². The number of fused-ring (bicyclic) bond motifs is 1. The molecule has 6 heteroatoms. The van der Waals surface area contributed by atoms with Gasteiger partial charge in [0.05, 0.1) is 5.92 Å². The molecule has 6 nitrogen and oxygen atoms in total. The van der Waals surface area contributed by atoms with E-state index in [-0.39, 0.29) is 17.9 Å². The van der Waals surface area contributed by atoms with E-state index in [0.29, 0.717) is 26.2 Å². The first-order valence-corrected chi connectivity index (χ1v) is 10.3. The lowest BCUT2D eigenvalue weighted by atomic mass is 9.97. The van der Waals surface area contributed by atoms with E-state index in [1.165, 1.54) is 10.8 Å². The normalized spacial score (nSPS) is 17.1. The molecule has 1 unspecified atom stereocenters. The van der Waals surface area contributed by atoms with Crippen LogP contribution in [0, 0.1) is 5.92 Å². The molecule has 0 aromatic heterocycles. The molecule has 1 aliphatic rings. The molecule has 2 amide bonds. The lowest BCUT2D eigenvalue weighted by Gasteiger charge is -2.33. The van der Waals surface area contributed by atoms with E-state index >= 15 is 0 Å². The Morgan fingerprint density at radius 2 is 1.86 bits per heavy atom. The standard InChI is InChI=1S/C23H31N3O3/c1-23(2,3)29-22(28)26-15-7-10-18(16-26)21(27)25-14-13-24-20-12-6-9-17-8-4-5-11-19(17)20/h4-6,8-9,11-12,18,24H,7,10,13-16H2,1-3H3,(H,25,27). The lowest BCUT2D eigenvalue weighted by Crippen LogP contribution is -2.47. The van der Waals surface area contributed by atoms with Gasteiger partial charge in [0.2, 0.25) is 5.91 Å². The van der Waals surface area contributed by atoms with Crippen LogP contribution in [0.5, 0.6) is 0 Å². The first kappa shape index (κ1) is 21.0. The van der Waals surface area contributed by atoms with Crippen LogP contribution in [0.25, 0.3) is 10.8 Å². The van der Waals surface area contributed by atoms with Crippen molar-refractivity contribution < 1.29 is 14.3 Å². The molecule has 1 fully saturated rings. The number of amides is 2. The zero-order valence-corrected chi connectivity index (χ0v) is 17.5. The number of carbonyl (C=O) groups is 2. The van der Waals surface area contributed by atoms with Crippen molar-refractivity contribution in [3.63, 3.8) is 0 Å². The summed E-state index contributed by atoms with van der Waals surface area (Å²) < 4.78 is 5.43. The van der Waals surface area contributed by atoms with Crippen LogP contribution in [0.4, 0.5) is 10.5 Å². The molecular formula is C23H31N3O3. The predicted octanol–water partition coefficient (Wildman–Crippen LogP) is 4.02. The van der Waals surface area contributed by atoms with Crippen LogP contribution in [-0.2, 0) is 9.53 Å². The van der Waals surface area contributed by atoms with Crippen molar-refractivity contribution in [2.45, 2.75) is 39.2 Å². The number of hydrogen-bond acceptors (Lipinski definition) is 4. The summed E-state index contributed by atoms with van der Waals surface area (Å²) in [6.07, 6.45) is 1.26. The molecule has 0 aliphatic carbocycles. The van der Waals surface area contributed by atoms with Crippen LogP contribution >= 0.6 is 0 Å². The van der Waals surface area contributed by atoms with Crippen LogP contribution in [0.3, 0.4) is 0 Å². The van der Waals surface area contributed by atoms with Gasteiger partial charge in [0.1, 0.15) is 5.60 Å². The zero-order valence-electron chi connectivity index (χ0n) is 17.5. The molecule has 29 heavy (non-hydrogen) atoms. The van der Waals surface area contributed by atoms with Crippen molar-refractivity contribution in [3.05, 3.63) is 42.5 Å². The van der Waals surface area contributed by atoms with E-state index in [4.69, 9.17) is 4.74 Å². The summed E-state index contributed by atoms with van der Waals surface area (Å²) in [4.78, 5) is 26.5. The van der Waals surface area contributed by atoms with Gasteiger partial charge in [-0.15, -0.1) is 0 Å². The molecule has 2 aromatic carbocycles. The minimum atomic E-state index is -0.528. The first-order chi connectivity index (χ1) is 13.8. The topological polar surface area (TPSA) is 70.7 Å². The summed E-state index contributed by atoms with van der Waals surface area (Å²) in [5, 5.41) is 8.75. The fourth-order valence-electron chi connectivity index (χ4n) is 3.59. The second kappa shape index (κ2) is 9.16. The molecule has 1 atom stereocenters. The molecule has 1 saturated heterocycles. The molecular weight excluding hydrogens is 366 g/mol. The maximum atomic E-state index is 12.6. The van der Waals surface area contributed by atoms with Crippen molar-refractivity contribution >= 4 is 28.5 Å². The van der Waals surface area contributed by atoms with Gasteiger partial charge in [0, 0.05) is 37.3 Å². The van der Waals surface area contributed by atoms with Gasteiger partial charge in [-0.3, -0.25) is 4.79 Å². The number of nitrogens with one attached hydrogen (secondary N) is 2. The number of likely N-dealkylation sites (tertiary alicyclic amines) is 1. The van der Waals surface area contributed by atoms with Gasteiger partial charge in [-0.2, -0.15) is 0 Å². The Morgan fingerprint density at radius 3 is 2.66 bits per heavy atom. The first-order valence-electron chi connectivity index (χ1n) is 10.3. The number of carbonyl (C=O) groups excluding carboxylic acids is 2. The average molecular weight is 398 g/mol. The molecule has 156 valence electrons.